The summed E-state index contributed by atoms with van der Waals surface area (Å²) in [4.78, 5) is 27.7. The van der Waals surface area contributed by atoms with Gasteiger partial charge in [0.1, 0.15) is 12.4 Å². The predicted octanol–water partition coefficient (Wildman–Crippen LogP) is 2.71. The smallest absolute Gasteiger partial charge is 0.274 e. The normalized spacial score (nSPS) is 13.5. The second kappa shape index (κ2) is 11.2. The molecule has 2 aromatic carbocycles. The van der Waals surface area contributed by atoms with Crippen LogP contribution in [0.25, 0.3) is 5.70 Å². The molecule has 7 N–H and O–H groups in total. The summed E-state index contributed by atoms with van der Waals surface area (Å²) >= 11 is 0. The Balaban J connectivity index is 1.76. The minimum atomic E-state index is -0.371. The summed E-state index contributed by atoms with van der Waals surface area (Å²) in [5.74, 6) is -0.710. The molecular formula is C26H32N6O2. The maximum Gasteiger partial charge on any atom is 0.274 e. The first-order valence-corrected chi connectivity index (χ1v) is 11.3. The molecule has 0 spiro atoms. The molecule has 3 rings (SSSR count). The number of nitrogens with two attached hydrogens (primary N) is 2. The highest BCUT2D eigenvalue weighted by molar-refractivity contribution is 6.01. The van der Waals surface area contributed by atoms with Crippen LogP contribution in [0.5, 0.6) is 0 Å². The van der Waals surface area contributed by atoms with Crippen molar-refractivity contribution in [2.24, 2.45) is 5.73 Å². The van der Waals surface area contributed by atoms with E-state index in [1.807, 2.05) is 18.2 Å². The topological polar surface area (TPSA) is 137 Å². The number of nitrogens with one attached hydrogen (secondary N) is 3. The summed E-state index contributed by atoms with van der Waals surface area (Å²) in [7, 11) is 0. The van der Waals surface area contributed by atoms with Crippen LogP contribution in [0.1, 0.15) is 42.9 Å². The SMILES string of the molecule is C=C(NC1CCC1)C(=O)N(CC(=O)NCc1ccc(C(=N)N)cc1)/C(=C\C)c1ccccc1N. The van der Waals surface area contributed by atoms with Crippen molar-refractivity contribution in [1.82, 2.24) is 15.5 Å². The molecule has 178 valence electrons. The third kappa shape index (κ3) is 6.04. The number of carbonyl (C=O) groups excluding carboxylic acids is 2. The van der Waals surface area contributed by atoms with Crippen LogP contribution in [0.2, 0.25) is 0 Å². The lowest BCUT2D eigenvalue weighted by Crippen LogP contribution is -2.44. The largest absolute Gasteiger partial charge is 0.398 e. The maximum absolute atomic E-state index is 13.4. The third-order valence-electron chi connectivity index (χ3n) is 5.84. The van der Waals surface area contributed by atoms with Crippen LogP contribution in [0.4, 0.5) is 5.69 Å². The van der Waals surface area contributed by atoms with E-state index in [4.69, 9.17) is 16.9 Å². The molecule has 0 aliphatic heterocycles. The molecule has 0 bridgehead atoms. The van der Waals surface area contributed by atoms with E-state index in [1.54, 1.807) is 43.3 Å². The van der Waals surface area contributed by atoms with Gasteiger partial charge in [0.05, 0.1) is 5.70 Å². The van der Waals surface area contributed by atoms with Crippen molar-refractivity contribution in [1.29, 1.82) is 5.41 Å². The lowest BCUT2D eigenvalue weighted by Gasteiger charge is -2.31. The Bertz CT molecular complexity index is 1100. The van der Waals surface area contributed by atoms with Crippen LogP contribution in [0.15, 0.2) is 66.9 Å². The van der Waals surface area contributed by atoms with E-state index in [1.165, 1.54) is 4.90 Å². The van der Waals surface area contributed by atoms with Gasteiger partial charge in [-0.2, -0.15) is 0 Å². The zero-order chi connectivity index (χ0) is 24.7. The van der Waals surface area contributed by atoms with Crippen LogP contribution < -0.4 is 22.1 Å². The van der Waals surface area contributed by atoms with Gasteiger partial charge in [0.25, 0.3) is 5.91 Å². The molecule has 1 saturated carbocycles. The van der Waals surface area contributed by atoms with Gasteiger partial charge in [0, 0.05) is 35.1 Å². The highest BCUT2D eigenvalue weighted by Crippen LogP contribution is 2.26. The van der Waals surface area contributed by atoms with E-state index in [9.17, 15) is 9.59 Å². The number of anilines is 1. The highest BCUT2D eigenvalue weighted by Gasteiger charge is 2.27. The Hall–Kier alpha value is -4.07. The van der Waals surface area contributed by atoms with Crippen molar-refractivity contribution in [2.45, 2.75) is 38.8 Å². The van der Waals surface area contributed by atoms with Gasteiger partial charge in [0.2, 0.25) is 5.91 Å². The quantitative estimate of drug-likeness (QED) is 0.161. The molecular weight excluding hydrogens is 428 g/mol. The van der Waals surface area contributed by atoms with Crippen LogP contribution in [0, 0.1) is 5.41 Å². The number of nitrogens with zero attached hydrogens (tertiary/aromatic N) is 1. The van der Waals surface area contributed by atoms with E-state index in [0.29, 0.717) is 22.5 Å². The number of carbonyl (C=O) groups is 2. The number of amidine groups is 1. The Labute approximate surface area is 200 Å². The number of benzene rings is 2. The molecule has 8 heteroatoms. The minimum Gasteiger partial charge on any atom is -0.398 e. The number of allylic oxidation sites excluding steroid dienone is 1. The van der Waals surface area contributed by atoms with Crippen LogP contribution in [-0.2, 0) is 16.1 Å². The Morgan fingerprint density at radius 3 is 2.41 bits per heavy atom. The van der Waals surface area contributed by atoms with Crippen molar-refractivity contribution in [3.05, 3.63) is 83.6 Å². The van der Waals surface area contributed by atoms with E-state index in [0.717, 1.165) is 24.8 Å². The molecule has 0 saturated heterocycles. The predicted molar refractivity (Wildman–Crippen MR) is 135 cm³/mol. The standard InChI is InChI=1S/C26H32N6O2/c1-3-23(21-9-4-5-10-22(21)27)32(26(34)17(2)31-20-7-6-8-20)16-24(33)30-15-18-11-13-19(14-12-18)25(28)29/h3-5,9-14,20,31H,2,6-8,15-16,27H2,1H3,(H3,28,29)(H,30,33)/b23-3-. The first-order chi connectivity index (χ1) is 16.3. The second-order valence-corrected chi connectivity index (χ2v) is 8.29. The summed E-state index contributed by atoms with van der Waals surface area (Å²) in [5.41, 5.74) is 15.1. The van der Waals surface area contributed by atoms with Crippen molar-refractivity contribution >= 4 is 29.0 Å². The monoisotopic (exact) mass is 460 g/mol. The summed E-state index contributed by atoms with van der Waals surface area (Å²) < 4.78 is 0. The van der Waals surface area contributed by atoms with Gasteiger partial charge in [-0.25, -0.2) is 0 Å². The fourth-order valence-electron chi connectivity index (χ4n) is 3.68. The number of rotatable bonds is 10. The fraction of sp³-hybridized carbons (Fsp3) is 0.269. The van der Waals surface area contributed by atoms with Crippen LogP contribution in [-0.4, -0.2) is 35.1 Å². The molecule has 1 aliphatic carbocycles. The first-order valence-electron chi connectivity index (χ1n) is 11.3. The highest BCUT2D eigenvalue weighted by atomic mass is 16.2. The van der Waals surface area contributed by atoms with Gasteiger partial charge < -0.3 is 22.1 Å². The van der Waals surface area contributed by atoms with Gasteiger partial charge in [-0.1, -0.05) is 55.1 Å². The summed E-state index contributed by atoms with van der Waals surface area (Å²) in [6, 6.07) is 14.5. The maximum atomic E-state index is 13.4. The number of nitrogen functional groups attached to an aromatic ring is 2. The van der Waals surface area contributed by atoms with Crippen molar-refractivity contribution < 1.29 is 9.59 Å². The second-order valence-electron chi connectivity index (χ2n) is 8.29. The van der Waals surface area contributed by atoms with Gasteiger partial charge in [-0.3, -0.25) is 19.9 Å². The van der Waals surface area contributed by atoms with Crippen molar-refractivity contribution in [3.63, 3.8) is 0 Å². The van der Waals surface area contributed by atoms with E-state index < -0.39 is 0 Å². The first kappa shape index (κ1) is 24.6. The van der Waals surface area contributed by atoms with Crippen molar-refractivity contribution in [3.8, 4) is 0 Å². The summed E-state index contributed by atoms with van der Waals surface area (Å²) in [5, 5.41) is 13.5. The van der Waals surface area contributed by atoms with E-state index in [2.05, 4.69) is 17.2 Å². The van der Waals surface area contributed by atoms with E-state index in [-0.39, 0.29) is 42.5 Å². The van der Waals surface area contributed by atoms with Crippen LogP contribution >= 0.6 is 0 Å². The zero-order valence-electron chi connectivity index (χ0n) is 19.4. The lowest BCUT2D eigenvalue weighted by atomic mass is 9.93. The lowest BCUT2D eigenvalue weighted by molar-refractivity contribution is -0.130. The molecule has 34 heavy (non-hydrogen) atoms. The van der Waals surface area contributed by atoms with Gasteiger partial charge in [-0.15, -0.1) is 0 Å². The van der Waals surface area contributed by atoms with E-state index >= 15 is 0 Å². The average molecular weight is 461 g/mol. The molecule has 8 nitrogen and oxygen atoms in total. The molecule has 1 aliphatic rings. The van der Waals surface area contributed by atoms with Crippen LogP contribution in [0.3, 0.4) is 0 Å². The molecule has 0 atom stereocenters. The van der Waals surface area contributed by atoms with Gasteiger partial charge in [0.15, 0.2) is 0 Å². The molecule has 0 aromatic heterocycles. The number of amides is 2. The molecule has 0 heterocycles. The number of hydrogen-bond acceptors (Lipinski definition) is 5. The Morgan fingerprint density at radius 1 is 1.18 bits per heavy atom. The molecule has 2 amide bonds. The Morgan fingerprint density at radius 2 is 1.85 bits per heavy atom. The third-order valence-corrected chi connectivity index (χ3v) is 5.84. The molecule has 0 unspecified atom stereocenters. The summed E-state index contributed by atoms with van der Waals surface area (Å²) in [6.45, 7) is 5.82. The zero-order valence-corrected chi connectivity index (χ0v) is 19.4. The molecule has 1 fully saturated rings. The minimum absolute atomic E-state index is 0.0143. The number of hydrogen-bond donors (Lipinski definition) is 5. The van der Waals surface area contributed by atoms with Crippen molar-refractivity contribution in [2.75, 3.05) is 12.3 Å². The average Bonchev–Trinajstić information content (AvgIpc) is 2.80. The van der Waals surface area contributed by atoms with Gasteiger partial charge >= 0.3 is 0 Å². The summed E-state index contributed by atoms with van der Waals surface area (Å²) in [6.07, 6.45) is 4.89. The Kier molecular flexibility index (Phi) is 8.08. The van der Waals surface area contributed by atoms with Gasteiger partial charge in [-0.05, 0) is 37.8 Å². The molecule has 2 aromatic rings. The molecule has 0 radical (unpaired) electrons. The fourth-order valence-corrected chi connectivity index (χ4v) is 3.68. The number of para-hydroxylation sites is 1.